The number of alkyl halides is 2. The monoisotopic (exact) mass is 161 g/mol. The van der Waals surface area contributed by atoms with Crippen LogP contribution >= 0.6 is 30.6 Å². The van der Waals surface area contributed by atoms with Crippen molar-refractivity contribution < 1.29 is 9.46 Å². The summed E-state index contributed by atoms with van der Waals surface area (Å²) >= 11 is 9.87. The Kier molecular flexibility index (Phi) is 3.25. The predicted octanol–water partition coefficient (Wildman–Crippen LogP) is 1.02. The van der Waals surface area contributed by atoms with E-state index in [-0.39, 0.29) is 11.2 Å². The molecule has 0 unspecified atom stereocenters. The Morgan fingerprint density at radius 1 is 1.43 bits per heavy atom. The third-order valence-electron chi connectivity index (χ3n) is 0.364. The fourth-order valence-electron chi connectivity index (χ4n) is 0.0319. The van der Waals surface area contributed by atoms with Gasteiger partial charge in [-0.25, -0.2) is 0 Å². The summed E-state index contributed by atoms with van der Waals surface area (Å²) in [6, 6.07) is 0. The Bertz CT molecular complexity index is 85.7. The zero-order valence-corrected chi connectivity index (χ0v) is 5.84. The number of halogens is 2. The number of hydrogen-bond donors (Lipinski definition) is 0. The van der Waals surface area contributed by atoms with Crippen molar-refractivity contribution in [3.63, 3.8) is 0 Å². The first kappa shape index (κ1) is 7.77. The largest absolute Gasteiger partial charge is 0.798 e. The lowest BCUT2D eigenvalue weighted by atomic mass is 11.9. The summed E-state index contributed by atoms with van der Waals surface area (Å²) in [6.07, 6.45) is 0. The van der Waals surface area contributed by atoms with Crippen LogP contribution in [0.3, 0.4) is 0 Å². The lowest BCUT2D eigenvalue weighted by Gasteiger charge is -2.14. The van der Waals surface area contributed by atoms with Crippen LogP contribution in [0.25, 0.3) is 0 Å². The van der Waals surface area contributed by atoms with Crippen LogP contribution in [-0.2, 0) is 4.57 Å². The molecule has 0 aliphatic heterocycles. The summed E-state index contributed by atoms with van der Waals surface area (Å²) in [6.45, 7) is 0. The van der Waals surface area contributed by atoms with Gasteiger partial charge in [0, 0.05) is 7.37 Å². The summed E-state index contributed by atoms with van der Waals surface area (Å²) in [7, 11) is -3.37. The van der Waals surface area contributed by atoms with Gasteiger partial charge in [0.1, 0.15) is 0 Å². The molecule has 0 spiro atoms. The molecule has 0 aliphatic rings. The summed E-state index contributed by atoms with van der Waals surface area (Å²) in [5.41, 5.74) is -0.729. The third-order valence-corrected chi connectivity index (χ3v) is 3.28. The van der Waals surface area contributed by atoms with Gasteiger partial charge < -0.3 is 9.46 Å². The third kappa shape index (κ3) is 3.36. The minimum absolute atomic E-state index is 0.365. The smallest absolute Gasteiger partial charge is 0.0642 e. The van der Waals surface area contributed by atoms with Gasteiger partial charge in [-0.2, -0.15) is 0 Å². The van der Waals surface area contributed by atoms with Gasteiger partial charge in [-0.3, -0.25) is 0 Å². The molecule has 0 aromatic carbocycles. The molecule has 0 N–H and O–H groups in total. The Balaban J connectivity index is 3.61. The summed E-state index contributed by atoms with van der Waals surface area (Å²) in [4.78, 5) is 10.1. The van der Waals surface area contributed by atoms with Crippen LogP contribution in [0, 0.1) is 0 Å². The molecule has 0 heterocycles. The maximum Gasteiger partial charge on any atom is 0.0642 e. The van der Waals surface area contributed by atoms with E-state index >= 15 is 0 Å². The van der Waals surface area contributed by atoms with E-state index in [4.69, 9.17) is 23.2 Å². The van der Waals surface area contributed by atoms with E-state index in [1.54, 1.807) is 0 Å². The molecule has 7 heavy (non-hydrogen) atoms. The quantitative estimate of drug-likeness (QED) is 0.449. The second-order valence-electron chi connectivity index (χ2n) is 1.05. The van der Waals surface area contributed by atoms with E-state index in [9.17, 15) is 9.46 Å². The average Bonchev–Trinajstić information content (AvgIpc) is 1.68. The second kappa shape index (κ2) is 2.93. The number of hydrogen-bond acceptors (Lipinski definition) is 2. The Hall–Kier alpha value is 0.770. The van der Waals surface area contributed by atoms with E-state index in [0.29, 0.717) is 0 Å². The highest BCUT2D eigenvalue weighted by Crippen LogP contribution is 2.36. The van der Waals surface area contributed by atoms with Gasteiger partial charge in [0.2, 0.25) is 0 Å². The Labute approximate surface area is 51.9 Å². The first-order valence-electron chi connectivity index (χ1n) is 1.53. The summed E-state index contributed by atoms with van der Waals surface area (Å²) in [5.74, 6) is 0. The van der Waals surface area contributed by atoms with Gasteiger partial charge in [0.25, 0.3) is 0 Å². The highest BCUT2D eigenvalue weighted by molar-refractivity contribution is 7.59. The van der Waals surface area contributed by atoms with E-state index in [1.165, 1.54) is 0 Å². The van der Waals surface area contributed by atoms with Crippen LogP contribution in [0.5, 0.6) is 0 Å². The maximum absolute atomic E-state index is 10.1. The molecule has 0 atom stereocenters. The molecular weight excluding hydrogens is 158 g/mol. The predicted molar refractivity (Wildman–Crippen MR) is 29.0 cm³/mol. The molecule has 0 aromatic rings. The topological polar surface area (TPSA) is 40.1 Å². The van der Waals surface area contributed by atoms with Gasteiger partial charge >= 0.3 is 0 Å². The zero-order chi connectivity index (χ0) is 5.91. The molecule has 0 aliphatic carbocycles. The summed E-state index contributed by atoms with van der Waals surface area (Å²) < 4.78 is 10.1. The first-order chi connectivity index (χ1) is 3.12. The molecule has 44 valence electrons. The summed E-state index contributed by atoms with van der Waals surface area (Å²) in [5, 5.41) is 0. The van der Waals surface area contributed by atoms with Crippen LogP contribution < -0.4 is 4.89 Å². The van der Waals surface area contributed by atoms with Crippen molar-refractivity contribution in [2.75, 3.05) is 11.2 Å². The standard InChI is InChI=1S/C2H5Cl2O2P/c3-1-7(5,6)2-4/h1-2H2,(H,5,6)/p-1. The second-order valence-corrected chi connectivity index (χ2v) is 4.60. The lowest BCUT2D eigenvalue weighted by Crippen LogP contribution is -2.01. The van der Waals surface area contributed by atoms with E-state index in [0.717, 1.165) is 0 Å². The molecule has 0 amide bonds. The lowest BCUT2D eigenvalue weighted by molar-refractivity contribution is -0.172. The normalized spacial score (nSPS) is 11.9. The average molecular weight is 162 g/mol. The van der Waals surface area contributed by atoms with Gasteiger partial charge in [0.05, 0.1) is 11.2 Å². The fraction of sp³-hybridized carbons (Fsp3) is 1.00. The van der Waals surface area contributed by atoms with Crippen LogP contribution in [-0.4, -0.2) is 11.2 Å². The van der Waals surface area contributed by atoms with Gasteiger partial charge in [0.15, 0.2) is 0 Å². The maximum atomic E-state index is 10.1. The van der Waals surface area contributed by atoms with Crippen LogP contribution in [0.15, 0.2) is 0 Å². The van der Waals surface area contributed by atoms with Crippen molar-refractivity contribution in [1.82, 2.24) is 0 Å². The van der Waals surface area contributed by atoms with Crippen LogP contribution in [0.1, 0.15) is 0 Å². The molecule has 0 saturated heterocycles. The zero-order valence-electron chi connectivity index (χ0n) is 3.43. The molecule has 0 aromatic heterocycles. The van der Waals surface area contributed by atoms with Crippen LogP contribution in [0.4, 0.5) is 0 Å². The molecule has 5 heteroatoms. The molecule has 2 nitrogen and oxygen atoms in total. The molecule has 0 fully saturated rings. The fourth-order valence-corrected chi connectivity index (χ4v) is 0.862. The van der Waals surface area contributed by atoms with Crippen molar-refractivity contribution in [2.45, 2.75) is 0 Å². The first-order valence-corrected chi connectivity index (χ1v) is 4.60. The van der Waals surface area contributed by atoms with Crippen molar-refractivity contribution in [3.05, 3.63) is 0 Å². The van der Waals surface area contributed by atoms with Gasteiger partial charge in [-0.05, 0) is 0 Å². The Morgan fingerprint density at radius 2 is 1.71 bits per heavy atom. The minimum atomic E-state index is -3.37. The SMILES string of the molecule is O=P([O-])(CCl)CCl. The number of rotatable bonds is 2. The van der Waals surface area contributed by atoms with Crippen molar-refractivity contribution in [1.29, 1.82) is 0 Å². The Morgan fingerprint density at radius 3 is 1.71 bits per heavy atom. The molecule has 0 rings (SSSR count). The highest BCUT2D eigenvalue weighted by atomic mass is 35.5. The van der Waals surface area contributed by atoms with Gasteiger partial charge in [-0.15, -0.1) is 23.2 Å². The molecule has 0 saturated carbocycles. The molecule has 0 bridgehead atoms. The van der Waals surface area contributed by atoms with Crippen molar-refractivity contribution in [2.24, 2.45) is 0 Å². The van der Waals surface area contributed by atoms with Gasteiger partial charge in [-0.1, -0.05) is 0 Å². The molecular formula is C2H4Cl2O2P-. The van der Waals surface area contributed by atoms with E-state index in [1.807, 2.05) is 0 Å². The highest BCUT2D eigenvalue weighted by Gasteiger charge is 1.99. The van der Waals surface area contributed by atoms with Crippen molar-refractivity contribution >= 4 is 30.6 Å². The molecule has 0 radical (unpaired) electrons. The van der Waals surface area contributed by atoms with Crippen molar-refractivity contribution in [3.8, 4) is 0 Å². The van der Waals surface area contributed by atoms with E-state index in [2.05, 4.69) is 0 Å². The van der Waals surface area contributed by atoms with Crippen LogP contribution in [0.2, 0.25) is 0 Å². The minimum Gasteiger partial charge on any atom is -0.798 e. The van der Waals surface area contributed by atoms with E-state index < -0.39 is 7.37 Å².